The number of amides is 1. The molecule has 0 spiro atoms. The fraction of sp³-hybridized carbons (Fsp3) is 0.364. The highest BCUT2D eigenvalue weighted by Crippen LogP contribution is 2.31. The molecule has 1 amide bonds. The van der Waals surface area contributed by atoms with E-state index in [4.69, 9.17) is 28.9 Å². The number of alkyl halides is 3. The normalized spacial score (nSPS) is 11.4. The molecule has 0 bridgehead atoms. The van der Waals surface area contributed by atoms with Crippen molar-refractivity contribution in [2.24, 2.45) is 0 Å². The van der Waals surface area contributed by atoms with Crippen LogP contribution in [0.4, 0.5) is 24.5 Å². The summed E-state index contributed by atoms with van der Waals surface area (Å²) in [6.07, 6.45) is -5.44. The summed E-state index contributed by atoms with van der Waals surface area (Å²) >= 11 is 11.5. The number of hydrogen-bond donors (Lipinski definition) is 2. The van der Waals surface area contributed by atoms with Gasteiger partial charge in [0.25, 0.3) is 0 Å². The average Bonchev–Trinajstić information content (AvgIpc) is 2.28. The Kier molecular flexibility index (Phi) is 5.91. The van der Waals surface area contributed by atoms with Crippen LogP contribution in [0.25, 0.3) is 0 Å². The van der Waals surface area contributed by atoms with E-state index in [1.54, 1.807) is 0 Å². The summed E-state index contributed by atoms with van der Waals surface area (Å²) in [6.45, 7) is -1.13. The van der Waals surface area contributed by atoms with E-state index in [-0.39, 0.29) is 16.4 Å². The van der Waals surface area contributed by atoms with Crippen molar-refractivity contribution in [3.05, 3.63) is 22.2 Å². The summed E-state index contributed by atoms with van der Waals surface area (Å²) in [6, 6.07) is 2.76. The number of carbonyl (C=O) groups is 1. The molecule has 0 radical (unpaired) electrons. The number of nitrogens with two attached hydrogens (primary N) is 1. The Hall–Kier alpha value is -1.18. The van der Waals surface area contributed by atoms with Gasteiger partial charge in [-0.25, -0.2) is 0 Å². The lowest BCUT2D eigenvalue weighted by atomic mass is 10.2. The number of nitrogen functional groups attached to an aromatic ring is 1. The zero-order valence-corrected chi connectivity index (χ0v) is 11.6. The van der Waals surface area contributed by atoms with Crippen LogP contribution in [-0.4, -0.2) is 25.3 Å². The van der Waals surface area contributed by atoms with Crippen molar-refractivity contribution < 1.29 is 22.7 Å². The predicted octanol–water partition coefficient (Wildman–Crippen LogP) is 3.48. The van der Waals surface area contributed by atoms with Crippen molar-refractivity contribution in [2.75, 3.05) is 24.3 Å². The van der Waals surface area contributed by atoms with Gasteiger partial charge < -0.3 is 15.8 Å². The lowest BCUT2D eigenvalue weighted by Crippen LogP contribution is -2.21. The van der Waals surface area contributed by atoms with Gasteiger partial charge in [-0.1, -0.05) is 23.2 Å². The molecule has 1 aromatic carbocycles. The van der Waals surface area contributed by atoms with E-state index in [2.05, 4.69) is 10.1 Å². The second kappa shape index (κ2) is 7.01. The van der Waals surface area contributed by atoms with Crippen LogP contribution in [0, 0.1) is 0 Å². The van der Waals surface area contributed by atoms with Gasteiger partial charge in [0.05, 0.1) is 29.4 Å². The average molecular weight is 331 g/mol. The number of anilines is 2. The lowest BCUT2D eigenvalue weighted by Gasteiger charge is -2.11. The Morgan fingerprint density at radius 3 is 2.55 bits per heavy atom. The Bertz CT molecular complexity index is 472. The Balaban J connectivity index is 2.47. The van der Waals surface area contributed by atoms with Crippen LogP contribution in [0.3, 0.4) is 0 Å². The Morgan fingerprint density at radius 1 is 1.35 bits per heavy atom. The second-order valence-electron chi connectivity index (χ2n) is 3.82. The topological polar surface area (TPSA) is 64.3 Å². The number of ether oxygens (including phenoxy) is 1. The molecule has 0 aliphatic rings. The minimum atomic E-state index is -4.32. The zero-order chi connectivity index (χ0) is 15.3. The van der Waals surface area contributed by atoms with Crippen molar-refractivity contribution in [1.82, 2.24) is 0 Å². The Morgan fingerprint density at radius 2 is 2.00 bits per heavy atom. The highest BCUT2D eigenvalue weighted by molar-refractivity contribution is 6.37. The lowest BCUT2D eigenvalue weighted by molar-refractivity contribution is -0.147. The number of hydrogen-bond acceptors (Lipinski definition) is 3. The maximum absolute atomic E-state index is 11.8. The minimum Gasteiger partial charge on any atom is -0.397 e. The van der Waals surface area contributed by atoms with Crippen LogP contribution in [0.1, 0.15) is 6.42 Å². The molecule has 20 heavy (non-hydrogen) atoms. The van der Waals surface area contributed by atoms with Gasteiger partial charge >= 0.3 is 6.18 Å². The fourth-order valence-corrected chi connectivity index (χ4v) is 1.81. The molecule has 3 N–H and O–H groups in total. The first-order chi connectivity index (χ1) is 9.19. The van der Waals surface area contributed by atoms with Gasteiger partial charge in [-0.3, -0.25) is 4.79 Å². The van der Waals surface area contributed by atoms with Crippen molar-refractivity contribution in [1.29, 1.82) is 0 Å². The zero-order valence-electron chi connectivity index (χ0n) is 10.1. The minimum absolute atomic E-state index is 0.124. The molecule has 0 heterocycles. The van der Waals surface area contributed by atoms with Crippen molar-refractivity contribution in [3.8, 4) is 0 Å². The number of benzene rings is 1. The third kappa shape index (κ3) is 5.85. The standard InChI is InChI=1S/C11H11Cl2F3N2O2/c12-6-3-7(13)10(8(17)4-6)18-9(19)5-20-2-1-11(14,15)16/h3-4H,1-2,5,17H2,(H,18,19). The highest BCUT2D eigenvalue weighted by Gasteiger charge is 2.26. The molecule has 1 aromatic rings. The molecule has 0 aromatic heterocycles. The fourth-order valence-electron chi connectivity index (χ4n) is 1.25. The van der Waals surface area contributed by atoms with Gasteiger partial charge in [-0.05, 0) is 12.1 Å². The molecule has 9 heteroatoms. The summed E-state index contributed by atoms with van der Waals surface area (Å²) < 4.78 is 40.1. The molecular formula is C11H11Cl2F3N2O2. The van der Waals surface area contributed by atoms with Gasteiger partial charge in [0, 0.05) is 5.02 Å². The highest BCUT2D eigenvalue weighted by atomic mass is 35.5. The molecule has 0 saturated carbocycles. The number of halogens is 5. The molecule has 0 fully saturated rings. The molecule has 0 unspecified atom stereocenters. The van der Waals surface area contributed by atoms with Gasteiger partial charge in [0.2, 0.25) is 5.91 Å². The predicted molar refractivity (Wildman–Crippen MR) is 71.0 cm³/mol. The molecule has 1 rings (SSSR count). The third-order valence-corrected chi connectivity index (χ3v) is 2.63. The Labute approximate surface area is 123 Å². The number of carbonyl (C=O) groups excluding carboxylic acids is 1. The second-order valence-corrected chi connectivity index (χ2v) is 4.66. The van der Waals surface area contributed by atoms with E-state index < -0.39 is 31.7 Å². The van der Waals surface area contributed by atoms with E-state index in [0.29, 0.717) is 5.02 Å². The van der Waals surface area contributed by atoms with E-state index in [1.165, 1.54) is 12.1 Å². The molecule has 112 valence electrons. The van der Waals surface area contributed by atoms with E-state index in [1.807, 2.05) is 0 Å². The third-order valence-electron chi connectivity index (χ3n) is 2.11. The smallest absolute Gasteiger partial charge is 0.391 e. The molecule has 0 atom stereocenters. The molecule has 4 nitrogen and oxygen atoms in total. The van der Waals surface area contributed by atoms with Gasteiger partial charge in [-0.2, -0.15) is 13.2 Å². The van der Waals surface area contributed by atoms with E-state index >= 15 is 0 Å². The van der Waals surface area contributed by atoms with Crippen LogP contribution in [0.15, 0.2) is 12.1 Å². The van der Waals surface area contributed by atoms with Crippen LogP contribution in [0.5, 0.6) is 0 Å². The van der Waals surface area contributed by atoms with Gasteiger partial charge in [0.1, 0.15) is 6.61 Å². The van der Waals surface area contributed by atoms with Crippen LogP contribution >= 0.6 is 23.2 Å². The van der Waals surface area contributed by atoms with Crippen LogP contribution in [0.2, 0.25) is 10.0 Å². The molecule has 0 aliphatic carbocycles. The van der Waals surface area contributed by atoms with Crippen LogP contribution in [-0.2, 0) is 9.53 Å². The quantitative estimate of drug-likeness (QED) is 0.641. The van der Waals surface area contributed by atoms with Crippen molar-refractivity contribution in [2.45, 2.75) is 12.6 Å². The van der Waals surface area contributed by atoms with Crippen LogP contribution < -0.4 is 11.1 Å². The van der Waals surface area contributed by atoms with Crippen molar-refractivity contribution >= 4 is 40.5 Å². The summed E-state index contributed by atoms with van der Waals surface area (Å²) in [5.74, 6) is -0.664. The van der Waals surface area contributed by atoms with Crippen molar-refractivity contribution in [3.63, 3.8) is 0 Å². The summed E-state index contributed by atoms with van der Waals surface area (Å²) in [5.41, 5.74) is 5.89. The number of rotatable bonds is 5. The maximum Gasteiger partial charge on any atom is 0.391 e. The molecule has 0 saturated heterocycles. The van der Waals surface area contributed by atoms with Gasteiger partial charge in [-0.15, -0.1) is 0 Å². The van der Waals surface area contributed by atoms with E-state index in [9.17, 15) is 18.0 Å². The maximum atomic E-state index is 11.8. The largest absolute Gasteiger partial charge is 0.397 e. The number of nitrogens with one attached hydrogen (secondary N) is 1. The first kappa shape index (κ1) is 16.9. The monoisotopic (exact) mass is 330 g/mol. The molecular weight excluding hydrogens is 320 g/mol. The van der Waals surface area contributed by atoms with Gasteiger partial charge in [0.15, 0.2) is 0 Å². The summed E-state index contributed by atoms with van der Waals surface area (Å²) in [4.78, 5) is 11.5. The SMILES string of the molecule is Nc1cc(Cl)cc(Cl)c1NC(=O)COCCC(F)(F)F. The molecule has 0 aliphatic heterocycles. The van der Waals surface area contributed by atoms with E-state index in [0.717, 1.165) is 0 Å². The summed E-state index contributed by atoms with van der Waals surface area (Å²) in [7, 11) is 0. The first-order valence-electron chi connectivity index (χ1n) is 5.38. The first-order valence-corrected chi connectivity index (χ1v) is 6.13. The summed E-state index contributed by atoms with van der Waals surface area (Å²) in [5, 5.41) is 2.76.